The van der Waals surface area contributed by atoms with Crippen LogP contribution in [-0.4, -0.2) is 31.7 Å². The third-order valence-corrected chi connectivity index (χ3v) is 3.59. The van der Waals surface area contributed by atoms with Crippen LogP contribution < -0.4 is 5.32 Å². The van der Waals surface area contributed by atoms with E-state index >= 15 is 0 Å². The zero-order chi connectivity index (χ0) is 18.9. The van der Waals surface area contributed by atoms with E-state index in [-0.39, 0.29) is 29.7 Å². The van der Waals surface area contributed by atoms with Crippen LogP contribution in [0.1, 0.15) is 33.5 Å². The number of nitrogens with one attached hydrogen (secondary N) is 1. The number of hydrogen-bond acceptors (Lipinski definition) is 2. The average molecular weight is 359 g/mol. The number of aryl methyl sites for hydroxylation is 2. The second-order valence-electron chi connectivity index (χ2n) is 5.42. The predicted octanol–water partition coefficient (Wildman–Crippen LogP) is 4.39. The van der Waals surface area contributed by atoms with Gasteiger partial charge in [0.05, 0.1) is 0 Å². The van der Waals surface area contributed by atoms with Gasteiger partial charge in [0, 0.05) is 24.1 Å². The van der Waals surface area contributed by atoms with Crippen molar-refractivity contribution in [1.82, 2.24) is 5.32 Å². The van der Waals surface area contributed by atoms with Crippen molar-refractivity contribution in [2.45, 2.75) is 38.3 Å². The van der Waals surface area contributed by atoms with E-state index in [1.165, 1.54) is 13.8 Å². The fraction of sp³-hybridized carbons (Fsp3) is 0.533. The molecule has 24 heavy (non-hydrogen) atoms. The van der Waals surface area contributed by atoms with Gasteiger partial charge in [-0.3, -0.25) is 4.79 Å². The van der Waals surface area contributed by atoms with Crippen LogP contribution in [0.2, 0.25) is 0 Å². The number of benzene rings is 1. The average Bonchev–Trinajstić information content (AvgIpc) is 2.40. The van der Waals surface area contributed by atoms with Crippen LogP contribution in [0.15, 0.2) is 12.1 Å². The summed E-state index contributed by atoms with van der Waals surface area (Å²) in [6, 6.07) is 0.862. The zero-order valence-corrected chi connectivity index (χ0v) is 13.1. The van der Waals surface area contributed by atoms with Crippen molar-refractivity contribution in [3.63, 3.8) is 0 Å². The molecule has 1 aromatic rings. The molecule has 0 aromatic heterocycles. The normalized spacial score (nSPS) is 13.2. The molecule has 0 spiro atoms. The summed E-state index contributed by atoms with van der Waals surface area (Å²) in [5, 5.41) is 2.70. The van der Waals surface area contributed by atoms with Crippen molar-refractivity contribution in [2.24, 2.45) is 0 Å². The van der Waals surface area contributed by atoms with E-state index < -0.39 is 29.4 Å². The molecule has 1 N–H and O–H groups in total. The van der Waals surface area contributed by atoms with Gasteiger partial charge in [-0.25, -0.2) is 4.39 Å². The first-order chi connectivity index (χ1) is 10.8. The van der Waals surface area contributed by atoms with E-state index in [9.17, 15) is 35.5 Å². The zero-order valence-electron chi connectivity index (χ0n) is 13.1. The lowest BCUT2D eigenvalue weighted by Crippen LogP contribution is -2.50. The molecule has 0 atom stereocenters. The molecular formula is C15H16F7NO. The number of carbonyl (C=O) groups excluding carboxylic acids is 1. The minimum Gasteiger partial charge on any atom is -0.319 e. The molecule has 0 unspecified atom stereocenters. The Balaban J connectivity index is 3.50. The van der Waals surface area contributed by atoms with Gasteiger partial charge >= 0.3 is 18.0 Å². The molecule has 0 heterocycles. The summed E-state index contributed by atoms with van der Waals surface area (Å²) in [5.41, 5.74) is -7.35. The van der Waals surface area contributed by atoms with Gasteiger partial charge in [-0.15, -0.1) is 0 Å². The highest BCUT2D eigenvalue weighted by molar-refractivity contribution is 5.99. The number of carbonyl (C=O) groups is 1. The second kappa shape index (κ2) is 6.70. The number of halogens is 7. The molecule has 0 fully saturated rings. The smallest absolute Gasteiger partial charge is 0.319 e. The first kappa shape index (κ1) is 20.4. The van der Waals surface area contributed by atoms with Crippen molar-refractivity contribution in [3.8, 4) is 0 Å². The Kier molecular flexibility index (Phi) is 5.69. The van der Waals surface area contributed by atoms with Gasteiger partial charge in [-0.2, -0.15) is 26.3 Å². The lowest BCUT2D eigenvalue weighted by molar-refractivity contribution is -0.348. The predicted molar refractivity (Wildman–Crippen MR) is 73.7 cm³/mol. The van der Waals surface area contributed by atoms with Gasteiger partial charge in [0.1, 0.15) is 0 Å². The fourth-order valence-electron chi connectivity index (χ4n) is 2.45. The van der Waals surface area contributed by atoms with Gasteiger partial charge in [0.15, 0.2) is 5.78 Å². The molecule has 0 saturated heterocycles. The van der Waals surface area contributed by atoms with E-state index in [0.717, 1.165) is 0 Å². The molecular weight excluding hydrogens is 343 g/mol. The number of hydrogen-bond donors (Lipinski definition) is 1. The van der Waals surface area contributed by atoms with E-state index in [0.29, 0.717) is 12.1 Å². The molecule has 1 rings (SSSR count). The van der Waals surface area contributed by atoms with Crippen LogP contribution >= 0.6 is 0 Å². The van der Waals surface area contributed by atoms with Crippen molar-refractivity contribution >= 4 is 5.78 Å². The highest BCUT2D eigenvalue weighted by Crippen LogP contribution is 2.53. The molecule has 0 amide bonds. The van der Waals surface area contributed by atoms with Crippen LogP contribution in [0.4, 0.5) is 30.7 Å². The Morgan fingerprint density at radius 3 is 1.71 bits per heavy atom. The number of ketones is 1. The Labute approximate surface area is 134 Å². The van der Waals surface area contributed by atoms with Crippen LogP contribution in [0.25, 0.3) is 0 Å². The summed E-state index contributed by atoms with van der Waals surface area (Å²) in [6.45, 7) is 2.64. The maximum atomic E-state index is 14.1. The van der Waals surface area contributed by atoms with Crippen molar-refractivity contribution in [3.05, 3.63) is 34.4 Å². The van der Waals surface area contributed by atoms with Crippen LogP contribution in [0.5, 0.6) is 0 Å². The summed E-state index contributed by atoms with van der Waals surface area (Å²) in [7, 11) is 1.58. The van der Waals surface area contributed by atoms with Gasteiger partial charge in [-0.05, 0) is 32.0 Å². The van der Waals surface area contributed by atoms with Crippen molar-refractivity contribution in [2.75, 3.05) is 13.6 Å². The SMILES string of the molecule is CNCCC(=O)c1c(C)cc(C(F)(C(F)(F)F)C(F)(F)F)cc1C. The molecule has 0 saturated carbocycles. The lowest BCUT2D eigenvalue weighted by Gasteiger charge is -2.31. The monoisotopic (exact) mass is 359 g/mol. The lowest BCUT2D eigenvalue weighted by atomic mass is 9.87. The van der Waals surface area contributed by atoms with Crippen LogP contribution in [0, 0.1) is 13.8 Å². The van der Waals surface area contributed by atoms with Gasteiger partial charge in [-0.1, -0.05) is 12.1 Å². The van der Waals surface area contributed by atoms with Crippen molar-refractivity contribution in [1.29, 1.82) is 0 Å². The summed E-state index contributed by atoms with van der Waals surface area (Å²) >= 11 is 0. The van der Waals surface area contributed by atoms with E-state index in [1.807, 2.05) is 0 Å². The minimum atomic E-state index is -6.18. The Morgan fingerprint density at radius 1 is 0.958 bits per heavy atom. The highest BCUT2D eigenvalue weighted by atomic mass is 19.4. The number of Topliss-reactive ketones (excluding diaryl/α,β-unsaturated/α-hetero) is 1. The molecule has 0 aliphatic carbocycles. The largest absolute Gasteiger partial charge is 0.435 e. The molecule has 136 valence electrons. The molecule has 0 bridgehead atoms. The molecule has 1 aromatic carbocycles. The summed E-state index contributed by atoms with van der Waals surface area (Å²) < 4.78 is 90.9. The topological polar surface area (TPSA) is 29.1 Å². The first-order valence-corrected chi connectivity index (χ1v) is 6.89. The van der Waals surface area contributed by atoms with E-state index in [4.69, 9.17) is 0 Å². The summed E-state index contributed by atoms with van der Waals surface area (Å²) in [6.07, 6.45) is -12.3. The van der Waals surface area contributed by atoms with Crippen molar-refractivity contribution < 1.29 is 35.5 Å². The molecule has 2 nitrogen and oxygen atoms in total. The van der Waals surface area contributed by atoms with Gasteiger partial charge in [0.2, 0.25) is 0 Å². The third kappa shape index (κ3) is 3.55. The van der Waals surface area contributed by atoms with Crippen LogP contribution in [0.3, 0.4) is 0 Å². The Bertz CT molecular complexity index is 582. The molecule has 9 heteroatoms. The number of alkyl halides is 7. The quantitative estimate of drug-likeness (QED) is 0.624. The van der Waals surface area contributed by atoms with Gasteiger partial charge < -0.3 is 5.32 Å². The Morgan fingerprint density at radius 2 is 1.38 bits per heavy atom. The van der Waals surface area contributed by atoms with Crippen LogP contribution in [-0.2, 0) is 5.67 Å². The fourth-order valence-corrected chi connectivity index (χ4v) is 2.45. The maximum Gasteiger partial charge on any atom is 0.435 e. The number of rotatable bonds is 5. The maximum absolute atomic E-state index is 14.1. The molecule has 0 aliphatic rings. The summed E-state index contributed by atoms with van der Waals surface area (Å²) in [4.78, 5) is 12.0. The molecule has 0 radical (unpaired) electrons. The second-order valence-corrected chi connectivity index (χ2v) is 5.42. The first-order valence-electron chi connectivity index (χ1n) is 6.89. The van der Waals surface area contributed by atoms with Gasteiger partial charge in [0.25, 0.3) is 0 Å². The minimum absolute atomic E-state index is 0.000647. The van der Waals surface area contributed by atoms with E-state index in [2.05, 4.69) is 5.32 Å². The Hall–Kier alpha value is -1.64. The summed E-state index contributed by atoms with van der Waals surface area (Å²) in [5.74, 6) is -0.450. The molecule has 0 aliphatic heterocycles. The van der Waals surface area contributed by atoms with E-state index in [1.54, 1.807) is 7.05 Å². The highest BCUT2D eigenvalue weighted by Gasteiger charge is 2.73. The standard InChI is InChI=1S/C15H16F7NO/c1-8-6-10(13(16,14(17,18)19)15(20,21)22)7-9(2)12(8)11(24)4-5-23-3/h6-7,23H,4-5H2,1-3H3. The third-order valence-electron chi connectivity index (χ3n) is 3.59.